The highest BCUT2D eigenvalue weighted by atomic mass is 19.4. The minimum absolute atomic E-state index is 0.0249. The lowest BCUT2D eigenvalue weighted by Crippen LogP contribution is -2.39. The minimum Gasteiger partial charge on any atom is -0.475 e. The van der Waals surface area contributed by atoms with Crippen molar-refractivity contribution in [3.63, 3.8) is 0 Å². The van der Waals surface area contributed by atoms with Crippen LogP contribution in [0.15, 0.2) is 10.7 Å². The number of amides is 1. The molecule has 13 heteroatoms. The van der Waals surface area contributed by atoms with E-state index < -0.39 is 12.1 Å². The molecule has 1 atom stereocenters. The van der Waals surface area contributed by atoms with Gasteiger partial charge >= 0.3 is 12.1 Å². The number of aryl methyl sites for hydroxylation is 1. The molecule has 3 N–H and O–H groups in total. The Morgan fingerprint density at radius 3 is 2.67 bits per heavy atom. The lowest BCUT2D eigenvalue weighted by molar-refractivity contribution is -0.192. The first-order chi connectivity index (χ1) is 15.6. The smallest absolute Gasteiger partial charge is 0.475 e. The molecule has 10 nitrogen and oxygen atoms in total. The van der Waals surface area contributed by atoms with Crippen molar-refractivity contribution in [3.05, 3.63) is 28.9 Å². The van der Waals surface area contributed by atoms with E-state index in [0.717, 1.165) is 54.7 Å². The number of pyridine rings is 1. The molecule has 2 aliphatic rings. The number of fused-ring (bicyclic) bond motifs is 1. The highest BCUT2D eigenvalue weighted by Gasteiger charge is 2.38. The number of carboxylic acid groups (broad SMARTS) is 1. The molecule has 1 amide bonds. The van der Waals surface area contributed by atoms with E-state index in [0.29, 0.717) is 24.8 Å². The monoisotopic (exact) mass is 471 g/mol. The molecule has 0 bridgehead atoms. The van der Waals surface area contributed by atoms with E-state index >= 15 is 0 Å². The molecule has 0 aliphatic carbocycles. The fourth-order valence-electron chi connectivity index (χ4n) is 3.69. The Balaban J connectivity index is 0.000000383. The standard InChI is InChI=1S/C18H23N5O3.C2HF3O2/c1-11-16(17-21-18(26-22-17)14-4-2-3-7-25-14)13-5-6-23(15(24)8-19)10-12(13)9-20-11;3-2(4,5)1(6)7/h9,14H,2-8,10,19H2,1H3;(H,6,7). The van der Waals surface area contributed by atoms with E-state index in [1.807, 2.05) is 13.1 Å². The van der Waals surface area contributed by atoms with Crippen LogP contribution in [0.1, 0.15) is 48.1 Å². The van der Waals surface area contributed by atoms with Gasteiger partial charge in [-0.3, -0.25) is 9.78 Å². The molecule has 1 saturated heterocycles. The van der Waals surface area contributed by atoms with Crippen LogP contribution in [0.4, 0.5) is 13.2 Å². The molecule has 2 aromatic rings. The predicted octanol–water partition coefficient (Wildman–Crippen LogP) is 2.16. The van der Waals surface area contributed by atoms with E-state index in [1.165, 1.54) is 0 Å². The van der Waals surface area contributed by atoms with Crippen molar-refractivity contribution < 1.29 is 37.1 Å². The summed E-state index contributed by atoms with van der Waals surface area (Å²) in [5.41, 5.74) is 9.41. The highest BCUT2D eigenvalue weighted by molar-refractivity contribution is 5.78. The van der Waals surface area contributed by atoms with Crippen molar-refractivity contribution >= 4 is 11.9 Å². The molecule has 2 aliphatic heterocycles. The van der Waals surface area contributed by atoms with Gasteiger partial charge in [-0.1, -0.05) is 5.16 Å². The first-order valence-electron chi connectivity index (χ1n) is 10.3. The number of halogens is 3. The Hall–Kier alpha value is -3.06. The van der Waals surface area contributed by atoms with Crippen LogP contribution in [0.5, 0.6) is 0 Å². The zero-order valence-electron chi connectivity index (χ0n) is 17.9. The highest BCUT2D eigenvalue weighted by Crippen LogP contribution is 2.33. The molecule has 0 spiro atoms. The largest absolute Gasteiger partial charge is 0.490 e. The van der Waals surface area contributed by atoms with Crippen molar-refractivity contribution in [1.82, 2.24) is 20.0 Å². The Morgan fingerprint density at radius 2 is 2.06 bits per heavy atom. The number of carbonyl (C=O) groups is 2. The summed E-state index contributed by atoms with van der Waals surface area (Å²) in [6.45, 7) is 3.85. The summed E-state index contributed by atoms with van der Waals surface area (Å²) < 4.78 is 43.0. The van der Waals surface area contributed by atoms with Crippen LogP contribution in [-0.2, 0) is 27.3 Å². The Bertz CT molecular complexity index is 1000. The van der Waals surface area contributed by atoms with Gasteiger partial charge in [0.1, 0.15) is 6.10 Å². The summed E-state index contributed by atoms with van der Waals surface area (Å²) in [5, 5.41) is 11.3. The summed E-state index contributed by atoms with van der Waals surface area (Å²) in [7, 11) is 0. The second-order valence-electron chi connectivity index (χ2n) is 7.61. The number of alkyl halides is 3. The van der Waals surface area contributed by atoms with Gasteiger partial charge in [0.15, 0.2) is 0 Å². The molecule has 4 heterocycles. The van der Waals surface area contributed by atoms with Gasteiger partial charge in [-0.15, -0.1) is 0 Å². The number of nitrogens with zero attached hydrogens (tertiary/aromatic N) is 4. The fourth-order valence-corrected chi connectivity index (χ4v) is 3.69. The van der Waals surface area contributed by atoms with Gasteiger partial charge in [-0.2, -0.15) is 18.2 Å². The summed E-state index contributed by atoms with van der Waals surface area (Å²) >= 11 is 0. The van der Waals surface area contributed by atoms with Gasteiger partial charge in [-0.25, -0.2) is 4.79 Å². The molecular weight excluding hydrogens is 447 g/mol. The van der Waals surface area contributed by atoms with Gasteiger partial charge in [0.2, 0.25) is 11.7 Å². The Morgan fingerprint density at radius 1 is 1.33 bits per heavy atom. The summed E-state index contributed by atoms with van der Waals surface area (Å²) in [6, 6.07) is 0. The summed E-state index contributed by atoms with van der Waals surface area (Å²) in [6.07, 6.45) is 0.441. The van der Waals surface area contributed by atoms with Crippen LogP contribution in [0.25, 0.3) is 11.4 Å². The molecule has 0 radical (unpaired) electrons. The third-order valence-electron chi connectivity index (χ3n) is 5.35. The average molecular weight is 471 g/mol. The number of hydrogen-bond donors (Lipinski definition) is 2. The maximum atomic E-state index is 11.9. The van der Waals surface area contributed by atoms with Crippen LogP contribution in [0, 0.1) is 6.92 Å². The van der Waals surface area contributed by atoms with E-state index in [4.69, 9.17) is 24.9 Å². The van der Waals surface area contributed by atoms with Crippen molar-refractivity contribution in [2.75, 3.05) is 19.7 Å². The van der Waals surface area contributed by atoms with E-state index in [2.05, 4.69) is 15.1 Å². The van der Waals surface area contributed by atoms with E-state index in [-0.39, 0.29) is 18.6 Å². The molecule has 4 rings (SSSR count). The lowest BCUT2D eigenvalue weighted by Gasteiger charge is -2.29. The molecule has 0 aromatic carbocycles. The quantitative estimate of drug-likeness (QED) is 0.688. The Kier molecular flexibility index (Phi) is 7.64. The fraction of sp³-hybridized carbons (Fsp3) is 0.550. The van der Waals surface area contributed by atoms with Crippen LogP contribution in [-0.4, -0.2) is 62.9 Å². The number of hydrogen-bond acceptors (Lipinski definition) is 8. The number of carboxylic acids is 1. The van der Waals surface area contributed by atoms with Crippen molar-refractivity contribution in [2.24, 2.45) is 5.73 Å². The van der Waals surface area contributed by atoms with Crippen molar-refractivity contribution in [1.29, 1.82) is 0 Å². The molecule has 1 unspecified atom stereocenters. The molecule has 0 saturated carbocycles. The second kappa shape index (κ2) is 10.3. The zero-order valence-corrected chi connectivity index (χ0v) is 17.9. The number of nitrogens with two attached hydrogens (primary N) is 1. The number of aromatic nitrogens is 3. The van der Waals surface area contributed by atoms with Crippen molar-refractivity contribution in [2.45, 2.75) is 51.4 Å². The number of ether oxygens (including phenoxy) is 1. The van der Waals surface area contributed by atoms with Crippen molar-refractivity contribution in [3.8, 4) is 11.4 Å². The van der Waals surface area contributed by atoms with Gasteiger partial charge < -0.3 is 25.0 Å². The Labute approximate surface area is 186 Å². The van der Waals surface area contributed by atoms with Crippen LogP contribution >= 0.6 is 0 Å². The summed E-state index contributed by atoms with van der Waals surface area (Å²) in [5.74, 6) is -1.72. The third-order valence-corrected chi connectivity index (χ3v) is 5.35. The third kappa shape index (κ3) is 5.85. The lowest BCUT2D eigenvalue weighted by atomic mass is 9.94. The molecule has 2 aromatic heterocycles. The normalized spacial score (nSPS) is 18.2. The topological polar surface area (TPSA) is 145 Å². The molecule has 1 fully saturated rings. The van der Waals surface area contributed by atoms with Crippen LogP contribution < -0.4 is 5.73 Å². The minimum atomic E-state index is -5.08. The summed E-state index contributed by atoms with van der Waals surface area (Å²) in [4.78, 5) is 31.7. The average Bonchev–Trinajstić information content (AvgIpc) is 3.28. The number of carbonyl (C=O) groups excluding carboxylic acids is 1. The van der Waals surface area contributed by atoms with Gasteiger partial charge in [0, 0.05) is 37.2 Å². The first kappa shape index (κ1) is 24.6. The first-order valence-corrected chi connectivity index (χ1v) is 10.3. The molecule has 180 valence electrons. The maximum Gasteiger partial charge on any atom is 0.490 e. The zero-order chi connectivity index (χ0) is 24.2. The van der Waals surface area contributed by atoms with Crippen LogP contribution in [0.3, 0.4) is 0 Å². The van der Waals surface area contributed by atoms with E-state index in [9.17, 15) is 18.0 Å². The van der Waals surface area contributed by atoms with Gasteiger partial charge in [0.05, 0.1) is 6.54 Å². The van der Waals surface area contributed by atoms with E-state index in [1.54, 1.807) is 4.90 Å². The van der Waals surface area contributed by atoms with Gasteiger partial charge in [0.25, 0.3) is 5.89 Å². The number of rotatable bonds is 3. The molecule has 33 heavy (non-hydrogen) atoms. The number of aliphatic carboxylic acids is 1. The van der Waals surface area contributed by atoms with Gasteiger partial charge in [-0.05, 0) is 43.7 Å². The predicted molar refractivity (Wildman–Crippen MR) is 107 cm³/mol. The molecular formula is C20H24F3N5O5. The maximum absolute atomic E-state index is 11.9. The van der Waals surface area contributed by atoms with Crippen LogP contribution in [0.2, 0.25) is 0 Å². The SMILES string of the molecule is Cc1ncc2c(c1-c1noc(C3CCCCO3)n1)CCN(C(=O)CN)C2.O=C(O)C(F)(F)F. The second-order valence-corrected chi connectivity index (χ2v) is 7.61.